The van der Waals surface area contributed by atoms with Crippen LogP contribution in [0.2, 0.25) is 0 Å². The van der Waals surface area contributed by atoms with Crippen molar-refractivity contribution in [2.45, 2.75) is 94.7 Å². The van der Waals surface area contributed by atoms with Gasteiger partial charge in [0.05, 0.1) is 41.9 Å². The number of carbonyl (C=O) groups is 1. The maximum atomic E-state index is 13.9. The summed E-state index contributed by atoms with van der Waals surface area (Å²) in [5, 5.41) is 0. The molecule has 2 bridgehead atoms. The molecule has 5 nitrogen and oxygen atoms in total. The molecule has 0 aliphatic carbocycles. The van der Waals surface area contributed by atoms with Gasteiger partial charge < -0.3 is 14.2 Å². The van der Waals surface area contributed by atoms with Crippen LogP contribution in [0.3, 0.4) is 0 Å². The van der Waals surface area contributed by atoms with E-state index in [4.69, 9.17) is 14.2 Å². The van der Waals surface area contributed by atoms with Gasteiger partial charge in [-0.05, 0) is 87.4 Å². The summed E-state index contributed by atoms with van der Waals surface area (Å²) in [5.74, 6) is -0.726. The van der Waals surface area contributed by atoms with Crippen LogP contribution in [0.5, 0.6) is 0 Å². The number of carbonyl (C=O) groups excluding carboxylic acids is 1. The molecular formula is C43H45F6NO4. The summed E-state index contributed by atoms with van der Waals surface area (Å²) in [7, 11) is 0. The van der Waals surface area contributed by atoms with Crippen LogP contribution in [0, 0.1) is 5.92 Å². The van der Waals surface area contributed by atoms with E-state index in [9.17, 15) is 31.1 Å². The maximum absolute atomic E-state index is 13.9. The van der Waals surface area contributed by atoms with E-state index >= 15 is 0 Å². The summed E-state index contributed by atoms with van der Waals surface area (Å²) < 4.78 is 102. The molecule has 0 saturated carbocycles. The Morgan fingerprint density at radius 1 is 0.741 bits per heavy atom. The van der Waals surface area contributed by atoms with E-state index in [1.807, 2.05) is 69.3 Å². The van der Waals surface area contributed by atoms with Crippen LogP contribution in [0.25, 0.3) is 0 Å². The second kappa shape index (κ2) is 15.5. The Bertz CT molecular complexity index is 1830. The lowest BCUT2D eigenvalue weighted by Gasteiger charge is -2.52. The average molecular weight is 754 g/mol. The van der Waals surface area contributed by atoms with Crippen molar-refractivity contribution in [2.75, 3.05) is 13.2 Å². The van der Waals surface area contributed by atoms with Crippen molar-refractivity contribution in [2.24, 2.45) is 5.92 Å². The van der Waals surface area contributed by atoms with Gasteiger partial charge in [-0.25, -0.2) is 0 Å². The molecule has 4 aromatic rings. The number of piperidine rings is 1. The molecule has 288 valence electrons. The molecule has 0 amide bonds. The van der Waals surface area contributed by atoms with Crippen LogP contribution in [-0.4, -0.2) is 41.8 Å². The normalized spacial score (nSPS) is 23.2. The molecule has 2 fully saturated rings. The SMILES string of the molecule is CC(c1ccccc1)N1C2CCC(OCCOC(c3ccccc3)c3cc(C(F)(F)F)cc(C(F)(F)F)c3)C1(c1ccccc1)CC2C(=O)OC(C)(C)C. The molecule has 6 atom stereocenters. The van der Waals surface area contributed by atoms with Gasteiger partial charge in [0, 0.05) is 12.1 Å². The van der Waals surface area contributed by atoms with E-state index in [2.05, 4.69) is 24.0 Å². The Balaban J connectivity index is 1.33. The first kappa shape index (κ1) is 39.5. The number of hydrogen-bond acceptors (Lipinski definition) is 5. The fraction of sp³-hybridized carbons (Fsp3) is 0.419. The first-order valence-corrected chi connectivity index (χ1v) is 18.2. The smallest absolute Gasteiger partial charge is 0.416 e. The van der Waals surface area contributed by atoms with Crippen LogP contribution in [0.4, 0.5) is 26.3 Å². The summed E-state index contributed by atoms with van der Waals surface area (Å²) in [6.07, 6.45) is -10.0. The van der Waals surface area contributed by atoms with Crippen molar-refractivity contribution in [3.05, 3.63) is 143 Å². The lowest BCUT2D eigenvalue weighted by atomic mass is 9.77. The molecule has 0 radical (unpaired) electrons. The van der Waals surface area contributed by atoms with Gasteiger partial charge in [0.2, 0.25) is 0 Å². The van der Waals surface area contributed by atoms with Crippen molar-refractivity contribution in [1.82, 2.24) is 4.90 Å². The molecule has 0 spiro atoms. The molecule has 2 aliphatic heterocycles. The van der Waals surface area contributed by atoms with Crippen molar-refractivity contribution >= 4 is 5.97 Å². The minimum absolute atomic E-state index is 0.0109. The number of nitrogens with zero attached hydrogens (tertiary/aromatic N) is 1. The zero-order valence-corrected chi connectivity index (χ0v) is 30.7. The van der Waals surface area contributed by atoms with E-state index in [-0.39, 0.29) is 42.9 Å². The number of esters is 1. The maximum Gasteiger partial charge on any atom is 0.416 e. The van der Waals surface area contributed by atoms with E-state index < -0.39 is 52.7 Å². The fourth-order valence-corrected chi connectivity index (χ4v) is 8.31. The summed E-state index contributed by atoms with van der Waals surface area (Å²) >= 11 is 0. The van der Waals surface area contributed by atoms with Crippen molar-refractivity contribution in [3.8, 4) is 0 Å². The third-order valence-electron chi connectivity index (χ3n) is 10.5. The number of fused-ring (bicyclic) bond motifs is 2. The quantitative estimate of drug-likeness (QED) is 0.0867. The molecule has 11 heteroatoms. The van der Waals surface area contributed by atoms with Crippen LogP contribution in [-0.2, 0) is 36.9 Å². The minimum Gasteiger partial charge on any atom is -0.460 e. The van der Waals surface area contributed by atoms with Crippen LogP contribution in [0.1, 0.15) is 92.5 Å². The van der Waals surface area contributed by atoms with Crippen LogP contribution >= 0.6 is 0 Å². The van der Waals surface area contributed by atoms with Gasteiger partial charge in [0.25, 0.3) is 0 Å². The monoisotopic (exact) mass is 753 g/mol. The molecule has 2 aliphatic rings. The predicted octanol–water partition coefficient (Wildman–Crippen LogP) is 10.7. The zero-order valence-electron chi connectivity index (χ0n) is 30.7. The minimum atomic E-state index is -5.01. The van der Waals surface area contributed by atoms with Gasteiger partial charge in [-0.3, -0.25) is 9.69 Å². The molecule has 0 aromatic heterocycles. The van der Waals surface area contributed by atoms with Gasteiger partial charge in [0.15, 0.2) is 0 Å². The largest absolute Gasteiger partial charge is 0.460 e. The summed E-state index contributed by atoms with van der Waals surface area (Å²) in [6, 6.07) is 29.4. The molecule has 6 unspecified atom stereocenters. The fourth-order valence-electron chi connectivity index (χ4n) is 8.31. The highest BCUT2D eigenvalue weighted by Gasteiger charge is 2.63. The lowest BCUT2D eigenvalue weighted by Crippen LogP contribution is -2.58. The lowest BCUT2D eigenvalue weighted by molar-refractivity contribution is -0.161. The van der Waals surface area contributed by atoms with E-state index in [0.717, 1.165) is 11.1 Å². The Morgan fingerprint density at radius 2 is 1.28 bits per heavy atom. The van der Waals surface area contributed by atoms with Crippen molar-refractivity contribution in [1.29, 1.82) is 0 Å². The number of rotatable bonds is 11. The molecule has 4 aromatic carbocycles. The first-order chi connectivity index (χ1) is 25.5. The summed E-state index contributed by atoms with van der Waals surface area (Å²) in [5.41, 5.74) is -2.13. The molecule has 2 saturated heterocycles. The topological polar surface area (TPSA) is 48.0 Å². The van der Waals surface area contributed by atoms with Gasteiger partial charge in [0.1, 0.15) is 11.7 Å². The molecule has 54 heavy (non-hydrogen) atoms. The van der Waals surface area contributed by atoms with Crippen molar-refractivity contribution in [3.63, 3.8) is 0 Å². The molecule has 2 heterocycles. The van der Waals surface area contributed by atoms with Crippen LogP contribution < -0.4 is 0 Å². The van der Waals surface area contributed by atoms with Crippen molar-refractivity contribution < 1.29 is 45.3 Å². The van der Waals surface area contributed by atoms with Crippen LogP contribution in [0.15, 0.2) is 109 Å². The van der Waals surface area contributed by atoms with Gasteiger partial charge in [-0.15, -0.1) is 0 Å². The summed E-state index contributed by atoms with van der Waals surface area (Å²) in [4.78, 5) is 16.3. The molecular weight excluding hydrogens is 708 g/mol. The average Bonchev–Trinajstić information content (AvgIpc) is 3.38. The van der Waals surface area contributed by atoms with E-state index in [0.29, 0.717) is 37.0 Å². The zero-order chi connectivity index (χ0) is 38.9. The van der Waals surface area contributed by atoms with Gasteiger partial charge >= 0.3 is 18.3 Å². The third kappa shape index (κ3) is 8.38. The Kier molecular flexibility index (Phi) is 11.3. The Morgan fingerprint density at radius 3 is 1.81 bits per heavy atom. The van der Waals surface area contributed by atoms with Gasteiger partial charge in [-0.1, -0.05) is 91.0 Å². The van der Waals surface area contributed by atoms with E-state index in [1.165, 1.54) is 0 Å². The second-order valence-electron chi connectivity index (χ2n) is 15.1. The Labute approximate surface area is 312 Å². The molecule has 6 rings (SSSR count). The number of hydrogen-bond donors (Lipinski definition) is 0. The number of alkyl halides is 6. The standard InChI is InChI=1S/C43H45F6NO4/c1-28(29-14-8-5-9-15-29)50-36-20-21-37(41(50,32-18-12-7-13-19-32)27-35(36)39(51)54-40(2,3)4)52-22-23-53-38(30-16-10-6-11-17-30)31-24-33(42(44,45)46)26-34(25-31)43(47,48)49/h5-19,24-26,28,35-38H,20-23,27H2,1-4H3. The predicted molar refractivity (Wildman–Crippen MR) is 192 cm³/mol. The van der Waals surface area contributed by atoms with E-state index in [1.54, 1.807) is 30.3 Å². The highest BCUT2D eigenvalue weighted by molar-refractivity contribution is 5.75. The first-order valence-electron chi connectivity index (χ1n) is 18.2. The highest BCUT2D eigenvalue weighted by atomic mass is 19.4. The summed E-state index contributed by atoms with van der Waals surface area (Å²) in [6.45, 7) is 7.52. The highest BCUT2D eigenvalue weighted by Crippen LogP contribution is 2.57. The Hall–Kier alpha value is -4.19. The number of benzene rings is 4. The second-order valence-corrected chi connectivity index (χ2v) is 15.1. The van der Waals surface area contributed by atoms with Gasteiger partial charge in [-0.2, -0.15) is 26.3 Å². The number of halogens is 6. The third-order valence-corrected chi connectivity index (χ3v) is 10.5. The number of ether oxygens (including phenoxy) is 3. The molecule has 0 N–H and O–H groups in total.